The molecule has 2 rings (SSSR count). The maximum absolute atomic E-state index is 12.2. The molecule has 1 saturated heterocycles. The molecule has 1 aliphatic rings. The number of nitrogen functional groups attached to an aromatic ring is 1. The van der Waals surface area contributed by atoms with Crippen molar-refractivity contribution in [2.75, 3.05) is 12.3 Å². The fraction of sp³-hybridized carbons (Fsp3) is 0.500. The van der Waals surface area contributed by atoms with Gasteiger partial charge in [-0.15, -0.1) is 0 Å². The number of rotatable bonds is 7. The van der Waals surface area contributed by atoms with Crippen LogP contribution in [0.15, 0.2) is 18.2 Å². The minimum absolute atomic E-state index is 0.0335. The van der Waals surface area contributed by atoms with Gasteiger partial charge in [-0.25, -0.2) is 0 Å². The van der Waals surface area contributed by atoms with Crippen molar-refractivity contribution < 1.29 is 44.6 Å². The molecule has 6 atom stereocenters. The molecule has 0 amide bonds. The molecule has 0 aliphatic carbocycles. The van der Waals surface area contributed by atoms with Crippen LogP contribution in [0.3, 0.4) is 0 Å². The van der Waals surface area contributed by atoms with Crippen LogP contribution in [0.2, 0.25) is 0 Å². The second-order valence-corrected chi connectivity index (χ2v) is 6.10. The molecule has 1 heterocycles. The molecule has 150 valence electrons. The molecule has 0 radical (unpaired) electrons. The summed E-state index contributed by atoms with van der Waals surface area (Å²) in [6, 6.07) is 2.73. The van der Waals surface area contributed by atoms with Gasteiger partial charge in [-0.05, 0) is 12.1 Å². The van der Waals surface area contributed by atoms with E-state index in [1.54, 1.807) is 0 Å². The first-order chi connectivity index (χ1) is 12.7. The van der Waals surface area contributed by atoms with Gasteiger partial charge in [0.05, 0.1) is 12.3 Å². The van der Waals surface area contributed by atoms with Gasteiger partial charge >= 0.3 is 5.97 Å². The summed E-state index contributed by atoms with van der Waals surface area (Å²) >= 11 is 0. The molecule has 11 nitrogen and oxygen atoms in total. The van der Waals surface area contributed by atoms with Crippen LogP contribution >= 0.6 is 0 Å². The Morgan fingerprint density at radius 2 is 1.85 bits per heavy atom. The zero-order valence-electron chi connectivity index (χ0n) is 14.1. The molecule has 9 N–H and O–H groups in total. The Balaban J connectivity index is 2.20. The van der Waals surface area contributed by atoms with Gasteiger partial charge in [0.2, 0.25) is 6.29 Å². The molecule has 0 spiro atoms. The van der Waals surface area contributed by atoms with Crippen molar-refractivity contribution in [2.24, 2.45) is 5.73 Å². The van der Waals surface area contributed by atoms with Gasteiger partial charge in [-0.2, -0.15) is 0 Å². The van der Waals surface area contributed by atoms with E-state index in [2.05, 4.69) is 0 Å². The van der Waals surface area contributed by atoms with E-state index >= 15 is 0 Å². The molecule has 1 aromatic carbocycles. The molecule has 1 unspecified atom stereocenters. The third-order valence-corrected chi connectivity index (χ3v) is 4.18. The number of para-hydroxylation sites is 1. The van der Waals surface area contributed by atoms with Gasteiger partial charge in [0.1, 0.15) is 36.2 Å². The number of Topliss-reactive ketones (excluding diaryl/α,β-unsaturated/α-hetero) is 1. The lowest BCUT2D eigenvalue weighted by Gasteiger charge is -2.39. The predicted octanol–water partition coefficient (Wildman–Crippen LogP) is -2.57. The van der Waals surface area contributed by atoms with E-state index in [0.29, 0.717) is 0 Å². The molecule has 0 bridgehead atoms. The zero-order chi connectivity index (χ0) is 20.3. The molecule has 0 saturated carbocycles. The molecule has 1 fully saturated rings. The zero-order valence-corrected chi connectivity index (χ0v) is 14.1. The summed E-state index contributed by atoms with van der Waals surface area (Å²) < 4.78 is 10.6. The SMILES string of the molecule is Nc1c(O[C@@H]2O[C@H](CO)[C@@H](O)[C@H](O)[C@H]2O)cccc1C(=O)CC(N)C(=O)O. The first kappa shape index (κ1) is 21.0. The number of aliphatic hydroxyl groups is 4. The highest BCUT2D eigenvalue weighted by atomic mass is 16.7. The van der Waals surface area contributed by atoms with Crippen molar-refractivity contribution in [3.8, 4) is 5.75 Å². The van der Waals surface area contributed by atoms with E-state index in [9.17, 15) is 30.0 Å². The monoisotopic (exact) mass is 386 g/mol. The van der Waals surface area contributed by atoms with Crippen molar-refractivity contribution in [1.29, 1.82) is 0 Å². The molecule has 1 aromatic rings. The van der Waals surface area contributed by atoms with Crippen LogP contribution < -0.4 is 16.2 Å². The lowest BCUT2D eigenvalue weighted by molar-refractivity contribution is -0.277. The minimum Gasteiger partial charge on any atom is -0.480 e. The van der Waals surface area contributed by atoms with Crippen molar-refractivity contribution in [3.05, 3.63) is 23.8 Å². The lowest BCUT2D eigenvalue weighted by Crippen LogP contribution is -2.60. The molecule has 0 aromatic heterocycles. The van der Waals surface area contributed by atoms with Gasteiger partial charge in [-0.3, -0.25) is 9.59 Å². The highest BCUT2D eigenvalue weighted by Crippen LogP contribution is 2.30. The smallest absolute Gasteiger partial charge is 0.320 e. The van der Waals surface area contributed by atoms with Crippen molar-refractivity contribution >= 4 is 17.4 Å². The van der Waals surface area contributed by atoms with Crippen molar-refractivity contribution in [3.63, 3.8) is 0 Å². The Hall–Kier alpha value is -2.28. The first-order valence-corrected chi connectivity index (χ1v) is 8.04. The minimum atomic E-state index is -1.65. The summed E-state index contributed by atoms with van der Waals surface area (Å²) in [4.78, 5) is 23.0. The van der Waals surface area contributed by atoms with E-state index < -0.39 is 61.5 Å². The van der Waals surface area contributed by atoms with Crippen LogP contribution in [0, 0.1) is 0 Å². The Bertz CT molecular complexity index is 696. The number of benzene rings is 1. The quantitative estimate of drug-likeness (QED) is 0.191. The maximum Gasteiger partial charge on any atom is 0.320 e. The summed E-state index contributed by atoms with van der Waals surface area (Å²) in [7, 11) is 0. The number of hydrogen-bond donors (Lipinski definition) is 7. The van der Waals surface area contributed by atoms with E-state index in [1.807, 2.05) is 0 Å². The average molecular weight is 386 g/mol. The Kier molecular flexibility index (Phi) is 6.70. The summed E-state index contributed by atoms with van der Waals surface area (Å²) in [6.45, 7) is -0.633. The summed E-state index contributed by atoms with van der Waals surface area (Å²) in [5.74, 6) is -2.04. The largest absolute Gasteiger partial charge is 0.480 e. The standard InChI is InChI=1S/C16H22N2O9/c17-7(15(24)25)4-8(20)6-2-1-3-9(11(6)18)26-16-14(23)13(22)12(21)10(5-19)27-16/h1-3,7,10,12-14,16,19,21-23H,4-5,17-18H2,(H,24,25)/t7?,10-,12-,13+,14-,16-/m1/s1. The lowest BCUT2D eigenvalue weighted by atomic mass is 9.99. The number of hydrogen-bond acceptors (Lipinski definition) is 10. The van der Waals surface area contributed by atoms with E-state index in [4.69, 9.17) is 26.0 Å². The second kappa shape index (κ2) is 8.61. The number of carbonyl (C=O) groups excluding carboxylic acids is 1. The topological polar surface area (TPSA) is 206 Å². The number of carboxylic acid groups (broad SMARTS) is 1. The van der Waals surface area contributed by atoms with Gasteiger partial charge in [0, 0.05) is 12.0 Å². The highest BCUT2D eigenvalue weighted by Gasteiger charge is 2.44. The van der Waals surface area contributed by atoms with Crippen LogP contribution in [-0.4, -0.2) is 80.6 Å². The number of anilines is 1. The van der Waals surface area contributed by atoms with Crippen LogP contribution in [0.25, 0.3) is 0 Å². The Morgan fingerprint density at radius 3 is 2.44 bits per heavy atom. The fourth-order valence-electron chi connectivity index (χ4n) is 2.58. The molecule has 11 heteroatoms. The number of aliphatic hydroxyl groups excluding tert-OH is 4. The highest BCUT2D eigenvalue weighted by molar-refractivity contribution is 6.03. The van der Waals surface area contributed by atoms with Crippen LogP contribution in [0.1, 0.15) is 16.8 Å². The van der Waals surface area contributed by atoms with E-state index in [0.717, 1.165) is 0 Å². The van der Waals surface area contributed by atoms with E-state index in [-0.39, 0.29) is 17.0 Å². The molecular weight excluding hydrogens is 364 g/mol. The summed E-state index contributed by atoms with van der Waals surface area (Å²) in [6.07, 6.45) is -7.97. The summed E-state index contributed by atoms with van der Waals surface area (Å²) in [5.41, 5.74) is 11.1. The second-order valence-electron chi connectivity index (χ2n) is 6.10. The maximum atomic E-state index is 12.2. The first-order valence-electron chi connectivity index (χ1n) is 8.04. The summed E-state index contributed by atoms with van der Waals surface area (Å²) in [5, 5.41) is 47.5. The van der Waals surface area contributed by atoms with Crippen molar-refractivity contribution in [1.82, 2.24) is 0 Å². The average Bonchev–Trinajstić information content (AvgIpc) is 2.63. The number of ether oxygens (including phenoxy) is 2. The van der Waals surface area contributed by atoms with E-state index in [1.165, 1.54) is 18.2 Å². The predicted molar refractivity (Wildman–Crippen MR) is 89.8 cm³/mol. The third-order valence-electron chi connectivity index (χ3n) is 4.18. The number of aliphatic carboxylic acids is 1. The Labute approximate surface area is 153 Å². The molecule has 27 heavy (non-hydrogen) atoms. The Morgan fingerprint density at radius 1 is 1.19 bits per heavy atom. The number of carbonyl (C=O) groups is 2. The number of nitrogens with two attached hydrogens (primary N) is 2. The number of carboxylic acids is 1. The van der Waals surface area contributed by atoms with Gasteiger partial charge in [-0.1, -0.05) is 6.07 Å². The molecule has 1 aliphatic heterocycles. The van der Waals surface area contributed by atoms with Gasteiger partial charge in [0.25, 0.3) is 0 Å². The third kappa shape index (κ3) is 4.53. The van der Waals surface area contributed by atoms with Crippen LogP contribution in [0.4, 0.5) is 5.69 Å². The van der Waals surface area contributed by atoms with Gasteiger partial charge in [0.15, 0.2) is 5.78 Å². The van der Waals surface area contributed by atoms with Gasteiger partial charge < -0.3 is 46.5 Å². The van der Waals surface area contributed by atoms with Crippen LogP contribution in [0.5, 0.6) is 5.75 Å². The normalized spacial score (nSPS) is 29.1. The molecular formula is C16H22N2O9. The fourth-order valence-corrected chi connectivity index (χ4v) is 2.58. The van der Waals surface area contributed by atoms with Crippen LogP contribution in [-0.2, 0) is 9.53 Å². The van der Waals surface area contributed by atoms with Crippen molar-refractivity contribution in [2.45, 2.75) is 43.2 Å². The number of ketones is 1.